The predicted octanol–water partition coefficient (Wildman–Crippen LogP) is 11.4. The van der Waals surface area contributed by atoms with Gasteiger partial charge in [0.25, 0.3) is 0 Å². The lowest BCUT2D eigenvalue weighted by Gasteiger charge is -2.17. The number of nitrogens with zero attached hydrogens (tertiary/aromatic N) is 3. The van der Waals surface area contributed by atoms with Crippen LogP contribution in [-0.4, -0.2) is 19.0 Å². The highest BCUT2D eigenvalue weighted by molar-refractivity contribution is 7.14. The van der Waals surface area contributed by atoms with E-state index in [0.29, 0.717) is 0 Å². The molecule has 0 amide bonds. The van der Waals surface area contributed by atoms with E-state index in [1.165, 1.54) is 67.1 Å². The SMILES string of the molecule is Cc1cc(C2N=CNc3ccoc32)c(C)s1.Cc1cc(C2N=CNc3ccsc32)c(C)s1.Cc1cc(C2N=CNc3sccc32)c(C)s1. The molecule has 246 valence electrons. The van der Waals surface area contributed by atoms with Crippen LogP contribution in [0.15, 0.2) is 72.8 Å². The van der Waals surface area contributed by atoms with Gasteiger partial charge in [-0.2, -0.15) is 0 Å². The van der Waals surface area contributed by atoms with Crippen molar-refractivity contribution in [2.75, 3.05) is 16.0 Å². The molecule has 3 unspecified atom stereocenters. The summed E-state index contributed by atoms with van der Waals surface area (Å²) in [5.41, 5.74) is 7.46. The summed E-state index contributed by atoms with van der Waals surface area (Å²) in [6.07, 6.45) is 7.07. The lowest BCUT2D eigenvalue weighted by atomic mass is 10.0. The Hall–Kier alpha value is -3.81. The average Bonchev–Trinajstić information content (AvgIpc) is 3.91. The fraction of sp³-hybridized carbons (Fsp3) is 0.250. The van der Waals surface area contributed by atoms with Crippen LogP contribution in [0.1, 0.15) is 80.3 Å². The molecule has 0 aromatic carbocycles. The molecule has 7 nitrogen and oxygen atoms in total. The van der Waals surface area contributed by atoms with Crippen LogP contribution in [0.3, 0.4) is 0 Å². The Morgan fingerprint density at radius 3 is 1.75 bits per heavy atom. The first-order valence-electron chi connectivity index (χ1n) is 15.5. The first-order chi connectivity index (χ1) is 23.3. The zero-order chi connectivity index (χ0) is 33.4. The van der Waals surface area contributed by atoms with Gasteiger partial charge in [-0.05, 0) is 99.3 Å². The molecule has 3 aliphatic rings. The first-order valence-corrected chi connectivity index (χ1v) is 19.7. The van der Waals surface area contributed by atoms with E-state index >= 15 is 0 Å². The Morgan fingerprint density at radius 1 is 0.562 bits per heavy atom. The quantitative estimate of drug-likeness (QED) is 0.169. The largest absolute Gasteiger partial charge is 0.464 e. The molecule has 6 aromatic heterocycles. The molecule has 0 aliphatic carbocycles. The molecular formula is C36H36N6OS5. The molecular weight excluding hydrogens is 693 g/mol. The van der Waals surface area contributed by atoms with Gasteiger partial charge >= 0.3 is 0 Å². The Kier molecular flexibility index (Phi) is 9.52. The topological polar surface area (TPSA) is 86.3 Å². The fourth-order valence-electron chi connectivity index (χ4n) is 6.16. The maximum atomic E-state index is 5.52. The van der Waals surface area contributed by atoms with Gasteiger partial charge < -0.3 is 20.4 Å². The van der Waals surface area contributed by atoms with Crippen molar-refractivity contribution in [1.82, 2.24) is 0 Å². The Morgan fingerprint density at radius 2 is 1.10 bits per heavy atom. The Balaban J connectivity index is 0.000000114. The van der Waals surface area contributed by atoms with Gasteiger partial charge in [0.1, 0.15) is 18.1 Å². The highest BCUT2D eigenvalue weighted by atomic mass is 32.1. The van der Waals surface area contributed by atoms with Gasteiger partial charge in [0.2, 0.25) is 0 Å². The van der Waals surface area contributed by atoms with Crippen LogP contribution >= 0.6 is 56.7 Å². The molecule has 0 saturated carbocycles. The second kappa shape index (κ2) is 14.0. The maximum absolute atomic E-state index is 5.52. The summed E-state index contributed by atoms with van der Waals surface area (Å²) in [6.45, 7) is 12.9. The number of fused-ring (bicyclic) bond motifs is 3. The van der Waals surface area contributed by atoms with Gasteiger partial charge in [-0.3, -0.25) is 15.0 Å². The molecule has 12 heteroatoms. The summed E-state index contributed by atoms with van der Waals surface area (Å²) in [7, 11) is 0. The van der Waals surface area contributed by atoms with Crippen molar-refractivity contribution in [1.29, 1.82) is 0 Å². The van der Waals surface area contributed by atoms with Crippen LogP contribution in [0, 0.1) is 41.5 Å². The molecule has 3 N–H and O–H groups in total. The average molecular weight is 729 g/mol. The third-order valence-corrected chi connectivity index (χ3v) is 13.1. The van der Waals surface area contributed by atoms with Gasteiger partial charge in [0.15, 0.2) is 5.76 Å². The summed E-state index contributed by atoms with van der Waals surface area (Å²) in [5, 5.41) is 14.9. The normalized spacial score (nSPS) is 18.2. The van der Waals surface area contributed by atoms with Crippen LogP contribution in [0.4, 0.5) is 16.4 Å². The smallest absolute Gasteiger partial charge is 0.156 e. The van der Waals surface area contributed by atoms with Crippen molar-refractivity contribution >= 4 is 92.1 Å². The third kappa shape index (κ3) is 6.59. The highest BCUT2D eigenvalue weighted by Gasteiger charge is 2.26. The summed E-state index contributed by atoms with van der Waals surface area (Å²) in [6, 6.07) is 13.3. The second-order valence-corrected chi connectivity index (χ2v) is 17.9. The van der Waals surface area contributed by atoms with Crippen LogP contribution < -0.4 is 16.0 Å². The minimum absolute atomic E-state index is 0.0104. The van der Waals surface area contributed by atoms with Crippen molar-refractivity contribution in [3.63, 3.8) is 0 Å². The van der Waals surface area contributed by atoms with Crippen LogP contribution in [0.5, 0.6) is 0 Å². The monoisotopic (exact) mass is 728 g/mol. The van der Waals surface area contributed by atoms with E-state index < -0.39 is 0 Å². The van der Waals surface area contributed by atoms with Gasteiger partial charge in [-0.15, -0.1) is 56.7 Å². The molecule has 9 heterocycles. The van der Waals surface area contributed by atoms with Gasteiger partial charge in [0, 0.05) is 40.9 Å². The second-order valence-electron chi connectivity index (χ2n) is 11.7. The molecule has 3 aliphatic heterocycles. The lowest BCUT2D eigenvalue weighted by molar-refractivity contribution is 0.491. The van der Waals surface area contributed by atoms with E-state index in [2.05, 4.69) is 114 Å². The van der Waals surface area contributed by atoms with E-state index in [9.17, 15) is 0 Å². The molecule has 0 radical (unpaired) electrons. The van der Waals surface area contributed by atoms with Crippen molar-refractivity contribution in [3.05, 3.63) is 116 Å². The minimum Gasteiger partial charge on any atom is -0.464 e. The van der Waals surface area contributed by atoms with Crippen LogP contribution in [-0.2, 0) is 0 Å². The molecule has 0 saturated heterocycles. The molecule has 0 bridgehead atoms. The molecule has 0 fully saturated rings. The number of aliphatic imine (C=N–C) groups is 3. The Bertz CT molecular complexity index is 1900. The number of rotatable bonds is 3. The van der Waals surface area contributed by atoms with Gasteiger partial charge in [0.05, 0.1) is 46.5 Å². The summed E-state index contributed by atoms with van der Waals surface area (Å²) < 4.78 is 5.52. The van der Waals surface area contributed by atoms with Crippen molar-refractivity contribution in [3.8, 4) is 0 Å². The molecule has 48 heavy (non-hydrogen) atoms. The standard InChI is InChI=1S/C12H12N2OS.2C12H12N2S2/c2*1-7-5-9(8(2)16-7)11-12-10(3-4-15-12)13-6-14-11;1-7-5-10(8(2)16-7)11-9-3-4-15-12(9)14-6-13-11/h3*3-6,11H,1-2H3,(H,13,14). The summed E-state index contributed by atoms with van der Waals surface area (Å²) >= 11 is 9.02. The number of hydrogen-bond donors (Lipinski definition) is 3. The number of nitrogens with one attached hydrogen (secondary N) is 3. The highest BCUT2D eigenvalue weighted by Crippen LogP contribution is 2.42. The van der Waals surface area contributed by atoms with Crippen molar-refractivity contribution in [2.24, 2.45) is 15.0 Å². The molecule has 0 spiro atoms. The number of thiophene rings is 5. The maximum Gasteiger partial charge on any atom is 0.156 e. The van der Waals surface area contributed by atoms with E-state index in [1.807, 2.05) is 41.4 Å². The predicted molar refractivity (Wildman–Crippen MR) is 211 cm³/mol. The van der Waals surface area contributed by atoms with Gasteiger partial charge in [-0.1, -0.05) is 0 Å². The zero-order valence-electron chi connectivity index (χ0n) is 27.5. The number of hydrogen-bond acceptors (Lipinski definition) is 12. The van der Waals surface area contributed by atoms with Gasteiger partial charge in [-0.25, -0.2) is 0 Å². The first kappa shape index (κ1) is 32.7. The van der Waals surface area contributed by atoms with Crippen molar-refractivity contribution in [2.45, 2.75) is 59.7 Å². The summed E-state index contributed by atoms with van der Waals surface area (Å²) in [5.74, 6) is 0.906. The lowest BCUT2D eigenvalue weighted by Crippen LogP contribution is -2.09. The van der Waals surface area contributed by atoms with E-state index in [4.69, 9.17) is 4.42 Å². The van der Waals surface area contributed by atoms with E-state index in [0.717, 1.165) is 11.4 Å². The summed E-state index contributed by atoms with van der Waals surface area (Å²) in [4.78, 5) is 23.0. The van der Waals surface area contributed by atoms with Crippen molar-refractivity contribution < 1.29 is 4.42 Å². The third-order valence-electron chi connectivity index (χ3n) is 8.31. The van der Waals surface area contributed by atoms with Crippen LogP contribution in [0.2, 0.25) is 0 Å². The number of aryl methyl sites for hydroxylation is 6. The number of anilines is 3. The molecule has 9 rings (SSSR count). The van der Waals surface area contributed by atoms with E-state index in [-0.39, 0.29) is 18.1 Å². The number of furan rings is 1. The molecule has 6 aromatic rings. The molecule has 3 atom stereocenters. The minimum atomic E-state index is 0.0104. The zero-order valence-corrected chi connectivity index (χ0v) is 31.5. The Labute approximate surface area is 300 Å². The van der Waals surface area contributed by atoms with E-state index in [1.54, 1.807) is 46.6 Å². The fourth-order valence-corrected chi connectivity index (χ4v) is 10.7. The van der Waals surface area contributed by atoms with Crippen LogP contribution in [0.25, 0.3) is 0 Å².